The summed E-state index contributed by atoms with van der Waals surface area (Å²) in [6, 6.07) is 8.50. The van der Waals surface area contributed by atoms with E-state index in [0.717, 1.165) is 31.4 Å². The Balaban J connectivity index is 1.62. The lowest BCUT2D eigenvalue weighted by Crippen LogP contribution is -2.48. The summed E-state index contributed by atoms with van der Waals surface area (Å²) in [6.45, 7) is 7.13. The summed E-state index contributed by atoms with van der Waals surface area (Å²) in [5.74, 6) is 0.284. The minimum atomic E-state index is -0.359. The van der Waals surface area contributed by atoms with E-state index < -0.39 is 0 Å². The van der Waals surface area contributed by atoms with Crippen molar-refractivity contribution in [2.24, 2.45) is 7.05 Å². The standard InChI is InChI=1S/C29H34FN5O2S2/c1-4-5-6-7-8-13-35-28(37)25(39-29(35)38)18-23-20(2)24(19-31)27(36)32(3)26(23)34-16-14-33(15-17-34)22-11-9-21(30)10-12-22/h9-12,18H,4-8,13-17H2,1-3H3/b25-18+. The number of carbonyl (C=O) groups excluding carboxylic acids is 1. The molecule has 39 heavy (non-hydrogen) atoms. The third-order valence-corrected chi connectivity index (χ3v) is 8.75. The Labute approximate surface area is 238 Å². The molecule has 0 saturated carbocycles. The number of thioether (sulfide) groups is 1. The molecular formula is C29H34FN5O2S2. The highest BCUT2D eigenvalue weighted by Crippen LogP contribution is 2.36. The Kier molecular flexibility index (Phi) is 9.46. The first-order valence-electron chi connectivity index (χ1n) is 13.4. The monoisotopic (exact) mass is 567 g/mol. The summed E-state index contributed by atoms with van der Waals surface area (Å²) >= 11 is 6.82. The zero-order chi connectivity index (χ0) is 28.1. The maximum absolute atomic E-state index is 13.4. The number of hydrogen-bond acceptors (Lipinski definition) is 7. The fraction of sp³-hybridized carbons (Fsp3) is 0.448. The van der Waals surface area contributed by atoms with Gasteiger partial charge in [0.1, 0.15) is 27.6 Å². The van der Waals surface area contributed by atoms with Gasteiger partial charge in [-0.1, -0.05) is 56.6 Å². The van der Waals surface area contributed by atoms with Crippen molar-refractivity contribution in [3.63, 3.8) is 0 Å². The fourth-order valence-corrected chi connectivity index (χ4v) is 6.41. The molecule has 2 saturated heterocycles. The molecule has 0 atom stereocenters. The molecule has 2 fully saturated rings. The second-order valence-corrected chi connectivity index (χ2v) is 11.6. The van der Waals surface area contributed by atoms with Crippen molar-refractivity contribution in [3.05, 3.63) is 62.0 Å². The molecule has 206 valence electrons. The van der Waals surface area contributed by atoms with Crippen molar-refractivity contribution in [2.45, 2.75) is 46.0 Å². The minimum absolute atomic E-state index is 0.0730. The van der Waals surface area contributed by atoms with E-state index in [0.29, 0.717) is 58.9 Å². The van der Waals surface area contributed by atoms with Gasteiger partial charge < -0.3 is 9.80 Å². The molecule has 0 N–H and O–H groups in total. The number of carbonyl (C=O) groups is 1. The van der Waals surface area contributed by atoms with Crippen molar-refractivity contribution < 1.29 is 9.18 Å². The van der Waals surface area contributed by atoms with Crippen molar-refractivity contribution in [2.75, 3.05) is 42.5 Å². The molecule has 0 spiro atoms. The first-order chi connectivity index (χ1) is 18.8. The number of pyridine rings is 1. The molecule has 2 aliphatic heterocycles. The smallest absolute Gasteiger partial charge is 0.270 e. The Hall–Kier alpha value is -3.16. The summed E-state index contributed by atoms with van der Waals surface area (Å²) in [5, 5.41) is 9.75. The van der Waals surface area contributed by atoms with E-state index in [1.807, 2.05) is 0 Å². The number of rotatable bonds is 9. The van der Waals surface area contributed by atoms with Gasteiger partial charge in [0.25, 0.3) is 11.5 Å². The number of halogens is 1. The lowest BCUT2D eigenvalue weighted by molar-refractivity contribution is -0.122. The number of piperazine rings is 1. The maximum atomic E-state index is 13.4. The third kappa shape index (κ3) is 6.20. The van der Waals surface area contributed by atoms with Crippen LogP contribution in [-0.4, -0.2) is 52.4 Å². The Morgan fingerprint density at radius 1 is 1.05 bits per heavy atom. The van der Waals surface area contributed by atoms with Gasteiger partial charge in [0.05, 0.1) is 4.91 Å². The lowest BCUT2D eigenvalue weighted by Gasteiger charge is -2.38. The Bertz CT molecular complexity index is 1370. The molecule has 1 aromatic carbocycles. The first-order valence-corrected chi connectivity index (χ1v) is 14.6. The largest absolute Gasteiger partial charge is 0.368 e. The van der Waals surface area contributed by atoms with Gasteiger partial charge in [-0.05, 0) is 49.2 Å². The molecule has 2 aromatic rings. The van der Waals surface area contributed by atoms with Crippen LogP contribution in [0, 0.1) is 24.1 Å². The number of anilines is 2. The summed E-state index contributed by atoms with van der Waals surface area (Å²) in [7, 11) is 1.67. The zero-order valence-corrected chi connectivity index (χ0v) is 24.3. The van der Waals surface area contributed by atoms with Gasteiger partial charge in [-0.2, -0.15) is 5.26 Å². The van der Waals surface area contributed by atoms with Crippen LogP contribution in [0.15, 0.2) is 34.0 Å². The summed E-state index contributed by atoms with van der Waals surface area (Å²) in [5.41, 5.74) is 1.90. The average molecular weight is 568 g/mol. The lowest BCUT2D eigenvalue weighted by atomic mass is 10.0. The number of amides is 1. The van der Waals surface area contributed by atoms with Gasteiger partial charge >= 0.3 is 0 Å². The van der Waals surface area contributed by atoms with E-state index in [4.69, 9.17) is 12.2 Å². The molecule has 1 amide bonds. The van der Waals surface area contributed by atoms with Crippen LogP contribution < -0.4 is 15.4 Å². The van der Waals surface area contributed by atoms with Crippen LogP contribution in [0.1, 0.15) is 55.7 Å². The van der Waals surface area contributed by atoms with Crippen molar-refractivity contribution in [3.8, 4) is 6.07 Å². The van der Waals surface area contributed by atoms with Gasteiger partial charge in [0, 0.05) is 51.0 Å². The molecule has 0 bridgehead atoms. The van der Waals surface area contributed by atoms with Gasteiger partial charge in [-0.25, -0.2) is 4.39 Å². The summed E-state index contributed by atoms with van der Waals surface area (Å²) in [4.78, 5) is 32.9. The molecular weight excluding hydrogens is 533 g/mol. The van der Waals surface area contributed by atoms with Gasteiger partial charge in [0.2, 0.25) is 0 Å². The van der Waals surface area contributed by atoms with Crippen LogP contribution in [0.25, 0.3) is 6.08 Å². The van der Waals surface area contributed by atoms with E-state index in [9.17, 15) is 19.2 Å². The third-order valence-electron chi connectivity index (χ3n) is 7.37. The predicted octanol–water partition coefficient (Wildman–Crippen LogP) is 5.20. The number of nitriles is 1. The van der Waals surface area contributed by atoms with Crippen LogP contribution in [0.4, 0.5) is 15.9 Å². The minimum Gasteiger partial charge on any atom is -0.368 e. The number of benzene rings is 1. The summed E-state index contributed by atoms with van der Waals surface area (Å²) < 4.78 is 15.4. The molecule has 3 heterocycles. The Morgan fingerprint density at radius 3 is 2.33 bits per heavy atom. The molecule has 4 rings (SSSR count). The SMILES string of the molecule is CCCCCCCN1C(=O)/C(=C\c2c(C)c(C#N)c(=O)n(C)c2N2CCN(c3ccc(F)cc3)CC2)SC1=S. The van der Waals surface area contributed by atoms with Gasteiger partial charge in [0.15, 0.2) is 0 Å². The molecule has 0 unspecified atom stereocenters. The molecule has 0 radical (unpaired) electrons. The van der Waals surface area contributed by atoms with Crippen molar-refractivity contribution in [1.29, 1.82) is 5.26 Å². The fourth-order valence-electron chi connectivity index (χ4n) is 5.12. The molecule has 7 nitrogen and oxygen atoms in total. The van der Waals surface area contributed by atoms with E-state index in [2.05, 4.69) is 22.8 Å². The van der Waals surface area contributed by atoms with E-state index in [1.54, 1.807) is 37.1 Å². The second-order valence-electron chi connectivity index (χ2n) is 9.91. The number of nitrogens with zero attached hydrogens (tertiary/aromatic N) is 5. The highest BCUT2D eigenvalue weighted by molar-refractivity contribution is 8.26. The van der Waals surface area contributed by atoms with Crippen LogP contribution in [0.2, 0.25) is 0 Å². The van der Waals surface area contributed by atoms with E-state index in [-0.39, 0.29) is 22.8 Å². The first kappa shape index (κ1) is 28.8. The van der Waals surface area contributed by atoms with Crippen LogP contribution in [0.5, 0.6) is 0 Å². The number of aromatic nitrogens is 1. The molecule has 1 aromatic heterocycles. The van der Waals surface area contributed by atoms with Crippen LogP contribution >= 0.6 is 24.0 Å². The highest BCUT2D eigenvalue weighted by atomic mass is 32.2. The number of hydrogen-bond donors (Lipinski definition) is 0. The normalized spacial score (nSPS) is 16.9. The quantitative estimate of drug-likeness (QED) is 0.234. The maximum Gasteiger partial charge on any atom is 0.270 e. The van der Waals surface area contributed by atoms with Gasteiger partial charge in [-0.3, -0.25) is 19.1 Å². The number of thiocarbonyl (C=S) groups is 1. The van der Waals surface area contributed by atoms with Crippen LogP contribution in [0.3, 0.4) is 0 Å². The predicted molar refractivity (Wildman–Crippen MR) is 161 cm³/mol. The molecule has 2 aliphatic rings. The zero-order valence-electron chi connectivity index (χ0n) is 22.7. The molecule has 10 heteroatoms. The van der Waals surface area contributed by atoms with E-state index in [1.165, 1.54) is 34.9 Å². The van der Waals surface area contributed by atoms with Crippen LogP contribution in [-0.2, 0) is 11.8 Å². The van der Waals surface area contributed by atoms with Crippen molar-refractivity contribution >= 4 is 51.8 Å². The topological polar surface area (TPSA) is 72.6 Å². The highest BCUT2D eigenvalue weighted by Gasteiger charge is 2.33. The average Bonchev–Trinajstić information content (AvgIpc) is 3.20. The Morgan fingerprint density at radius 2 is 1.69 bits per heavy atom. The van der Waals surface area contributed by atoms with E-state index >= 15 is 0 Å². The summed E-state index contributed by atoms with van der Waals surface area (Å²) in [6.07, 6.45) is 7.26. The van der Waals surface area contributed by atoms with Gasteiger partial charge in [-0.15, -0.1) is 0 Å². The van der Waals surface area contributed by atoms with Crippen molar-refractivity contribution in [1.82, 2.24) is 9.47 Å². The number of unbranched alkanes of at least 4 members (excludes halogenated alkanes) is 4. The molecule has 0 aliphatic carbocycles. The second kappa shape index (κ2) is 12.8.